The fraction of sp³-hybridized carbons (Fsp3) is 0.933. The summed E-state index contributed by atoms with van der Waals surface area (Å²) in [7, 11) is 0. The molecular formula is C15H26O4. The number of hydrogen-bond acceptors (Lipinski definition) is 4. The third kappa shape index (κ3) is 2.19. The third-order valence-corrected chi connectivity index (χ3v) is 5.32. The maximum Gasteiger partial charge on any atom is 0.309 e. The molecule has 1 unspecified atom stereocenters. The van der Waals surface area contributed by atoms with Gasteiger partial charge in [0, 0.05) is 12.3 Å². The van der Waals surface area contributed by atoms with Crippen molar-refractivity contribution >= 4 is 5.97 Å². The summed E-state index contributed by atoms with van der Waals surface area (Å²) < 4.78 is 5.79. The number of carbonyl (C=O) groups is 1. The summed E-state index contributed by atoms with van der Waals surface area (Å²) in [5.74, 6) is 0.0929. The molecule has 0 amide bonds. The van der Waals surface area contributed by atoms with Crippen LogP contribution in [0, 0.1) is 23.7 Å². The maximum absolute atomic E-state index is 12.1. The van der Waals surface area contributed by atoms with Gasteiger partial charge in [0.1, 0.15) is 5.60 Å². The second-order valence-corrected chi connectivity index (χ2v) is 6.98. The topological polar surface area (TPSA) is 66.8 Å². The van der Waals surface area contributed by atoms with Gasteiger partial charge in [-0.3, -0.25) is 4.79 Å². The van der Waals surface area contributed by atoms with Crippen molar-refractivity contribution in [1.29, 1.82) is 0 Å². The highest BCUT2D eigenvalue weighted by molar-refractivity contribution is 5.76. The molecule has 0 aromatic carbocycles. The van der Waals surface area contributed by atoms with Crippen molar-refractivity contribution in [2.45, 2.75) is 58.2 Å². The summed E-state index contributed by atoms with van der Waals surface area (Å²) in [5.41, 5.74) is -1.77. The molecule has 19 heavy (non-hydrogen) atoms. The monoisotopic (exact) mass is 270 g/mol. The molecule has 2 fully saturated rings. The van der Waals surface area contributed by atoms with Crippen LogP contribution >= 0.6 is 0 Å². The maximum atomic E-state index is 12.1. The van der Waals surface area contributed by atoms with Gasteiger partial charge < -0.3 is 14.9 Å². The average Bonchev–Trinajstić information content (AvgIpc) is 2.82. The molecule has 1 spiro atoms. The van der Waals surface area contributed by atoms with Crippen molar-refractivity contribution in [3.8, 4) is 0 Å². The first-order valence-corrected chi connectivity index (χ1v) is 7.30. The molecule has 0 bridgehead atoms. The molecule has 2 N–H and O–H groups in total. The van der Waals surface area contributed by atoms with E-state index in [1.165, 1.54) is 0 Å². The van der Waals surface area contributed by atoms with Gasteiger partial charge in [0.15, 0.2) is 0 Å². The minimum absolute atomic E-state index is 0.0856. The van der Waals surface area contributed by atoms with Crippen molar-refractivity contribution in [1.82, 2.24) is 0 Å². The predicted molar refractivity (Wildman–Crippen MR) is 71.4 cm³/mol. The molecule has 0 radical (unpaired) electrons. The molecule has 0 aromatic heterocycles. The first-order chi connectivity index (χ1) is 8.74. The van der Waals surface area contributed by atoms with Crippen LogP contribution in [0.5, 0.6) is 0 Å². The zero-order valence-corrected chi connectivity index (χ0v) is 12.3. The van der Waals surface area contributed by atoms with E-state index in [-0.39, 0.29) is 36.2 Å². The quantitative estimate of drug-likeness (QED) is 0.767. The molecule has 1 saturated heterocycles. The van der Waals surface area contributed by atoms with Crippen molar-refractivity contribution in [3.05, 3.63) is 0 Å². The van der Waals surface area contributed by atoms with E-state index in [2.05, 4.69) is 6.92 Å². The molecule has 2 aliphatic rings. The van der Waals surface area contributed by atoms with Crippen LogP contribution in [-0.2, 0) is 9.53 Å². The molecular weight excluding hydrogens is 244 g/mol. The number of esters is 1. The molecule has 5 atom stereocenters. The smallest absolute Gasteiger partial charge is 0.309 e. The van der Waals surface area contributed by atoms with E-state index >= 15 is 0 Å². The van der Waals surface area contributed by atoms with Crippen LogP contribution in [0.3, 0.4) is 0 Å². The van der Waals surface area contributed by atoms with Crippen molar-refractivity contribution < 1.29 is 19.7 Å². The Kier molecular flexibility index (Phi) is 3.69. The number of aliphatic hydroxyl groups excluding tert-OH is 1. The van der Waals surface area contributed by atoms with Crippen molar-refractivity contribution in [2.75, 3.05) is 6.61 Å². The van der Waals surface area contributed by atoms with Gasteiger partial charge in [-0.1, -0.05) is 20.8 Å². The predicted octanol–water partition coefficient (Wildman–Crippen LogP) is 1.73. The van der Waals surface area contributed by atoms with E-state index in [1.807, 2.05) is 13.8 Å². The largest absolute Gasteiger partial charge is 0.458 e. The molecule has 1 saturated carbocycles. The first-order valence-electron chi connectivity index (χ1n) is 7.30. The Morgan fingerprint density at radius 1 is 1.47 bits per heavy atom. The molecule has 110 valence electrons. The number of carbonyl (C=O) groups excluding carboxylic acids is 1. The van der Waals surface area contributed by atoms with E-state index in [4.69, 9.17) is 4.74 Å². The number of hydrogen-bond donors (Lipinski definition) is 2. The molecule has 0 aromatic rings. The van der Waals surface area contributed by atoms with Gasteiger partial charge in [0.05, 0.1) is 18.1 Å². The van der Waals surface area contributed by atoms with E-state index in [0.29, 0.717) is 6.42 Å². The normalized spacial score (nSPS) is 41.8. The number of aliphatic hydroxyl groups is 2. The second-order valence-electron chi connectivity index (χ2n) is 6.98. The van der Waals surface area contributed by atoms with Crippen LogP contribution in [0.2, 0.25) is 0 Å². The van der Waals surface area contributed by atoms with E-state index in [1.54, 1.807) is 6.92 Å². The molecule has 4 nitrogen and oxygen atoms in total. The van der Waals surface area contributed by atoms with E-state index < -0.39 is 11.2 Å². The Morgan fingerprint density at radius 2 is 2.11 bits per heavy atom. The van der Waals surface area contributed by atoms with Gasteiger partial charge in [-0.2, -0.15) is 0 Å². The lowest BCUT2D eigenvalue weighted by Gasteiger charge is -2.40. The summed E-state index contributed by atoms with van der Waals surface area (Å²) in [6, 6.07) is 0. The summed E-state index contributed by atoms with van der Waals surface area (Å²) in [6.45, 7) is 7.50. The Morgan fingerprint density at radius 3 is 2.58 bits per heavy atom. The summed E-state index contributed by atoms with van der Waals surface area (Å²) in [4.78, 5) is 12.1. The van der Waals surface area contributed by atoms with Crippen molar-refractivity contribution in [3.63, 3.8) is 0 Å². The van der Waals surface area contributed by atoms with E-state index in [0.717, 1.165) is 12.8 Å². The third-order valence-electron chi connectivity index (χ3n) is 5.32. The van der Waals surface area contributed by atoms with Crippen LogP contribution in [0.4, 0.5) is 0 Å². The van der Waals surface area contributed by atoms with Crippen LogP contribution in [0.15, 0.2) is 0 Å². The lowest BCUT2D eigenvalue weighted by Crippen LogP contribution is -2.51. The zero-order valence-electron chi connectivity index (χ0n) is 12.3. The molecule has 1 aliphatic carbocycles. The standard InChI is InChI=1S/C15H26O4/c1-9(2)11-7-15(19-13(11)17)10(3)5-6-12(15)14(4,18)8-16/h9-12,16,18H,5-8H2,1-4H3/t10-,11+,12-,14?,15-/m1/s1. The molecule has 1 heterocycles. The van der Waals surface area contributed by atoms with Crippen LogP contribution in [-0.4, -0.2) is 34.0 Å². The molecule has 2 rings (SSSR count). The zero-order chi connectivity index (χ0) is 14.4. The molecule has 1 aliphatic heterocycles. The van der Waals surface area contributed by atoms with Crippen LogP contribution < -0.4 is 0 Å². The number of ether oxygens (including phenoxy) is 1. The summed E-state index contributed by atoms with van der Waals surface area (Å²) in [6.07, 6.45) is 2.40. The SMILES string of the molecule is CC(C)[C@@H]1C[C@@]2(OC1=O)[C@H](C)CC[C@@H]2C(C)(O)CO. The van der Waals surface area contributed by atoms with E-state index in [9.17, 15) is 15.0 Å². The highest BCUT2D eigenvalue weighted by Crippen LogP contribution is 2.55. The van der Waals surface area contributed by atoms with Gasteiger partial charge in [0.25, 0.3) is 0 Å². The van der Waals surface area contributed by atoms with Gasteiger partial charge >= 0.3 is 5.97 Å². The lowest BCUT2D eigenvalue weighted by molar-refractivity contribution is -0.170. The Hall–Kier alpha value is -0.610. The van der Waals surface area contributed by atoms with Crippen LogP contribution in [0.25, 0.3) is 0 Å². The first kappa shape index (κ1) is 14.8. The summed E-state index contributed by atoms with van der Waals surface area (Å²) in [5, 5.41) is 19.9. The fourth-order valence-electron chi connectivity index (χ4n) is 3.95. The van der Waals surface area contributed by atoms with Crippen LogP contribution in [0.1, 0.15) is 47.0 Å². The lowest BCUT2D eigenvalue weighted by atomic mass is 9.72. The van der Waals surface area contributed by atoms with Gasteiger partial charge in [0.2, 0.25) is 0 Å². The highest BCUT2D eigenvalue weighted by Gasteiger charge is 2.62. The Bertz CT molecular complexity index is 363. The van der Waals surface area contributed by atoms with Crippen molar-refractivity contribution in [2.24, 2.45) is 23.7 Å². The minimum atomic E-state index is -1.18. The van der Waals surface area contributed by atoms with Gasteiger partial charge in [-0.25, -0.2) is 0 Å². The average molecular weight is 270 g/mol. The number of rotatable bonds is 3. The van der Waals surface area contributed by atoms with Gasteiger partial charge in [-0.15, -0.1) is 0 Å². The van der Waals surface area contributed by atoms with Gasteiger partial charge in [-0.05, 0) is 31.6 Å². The minimum Gasteiger partial charge on any atom is -0.458 e. The fourth-order valence-corrected chi connectivity index (χ4v) is 3.95. The Labute approximate surface area is 115 Å². The molecule has 4 heteroatoms. The second kappa shape index (κ2) is 4.74. The highest BCUT2D eigenvalue weighted by atomic mass is 16.6. The Balaban J connectivity index is 2.32. The summed E-state index contributed by atoms with van der Waals surface area (Å²) >= 11 is 0.